The van der Waals surface area contributed by atoms with Gasteiger partial charge in [0.15, 0.2) is 0 Å². The lowest BCUT2D eigenvalue weighted by molar-refractivity contribution is -0.137. The van der Waals surface area contributed by atoms with E-state index in [0.29, 0.717) is 19.5 Å². The molecule has 0 bridgehead atoms. The van der Waals surface area contributed by atoms with E-state index in [1.807, 2.05) is 42.5 Å². The maximum absolute atomic E-state index is 12.8. The quantitative estimate of drug-likeness (QED) is 0.649. The van der Waals surface area contributed by atoms with Crippen molar-refractivity contribution in [1.29, 1.82) is 0 Å². The van der Waals surface area contributed by atoms with Gasteiger partial charge in [-0.3, -0.25) is 4.79 Å². The second-order valence-electron chi connectivity index (χ2n) is 7.06. The molecule has 0 unspecified atom stereocenters. The van der Waals surface area contributed by atoms with Gasteiger partial charge in [0.1, 0.15) is 6.10 Å². The fraction of sp³-hybridized carbons (Fsp3) is 0.273. The number of pyridine rings is 1. The summed E-state index contributed by atoms with van der Waals surface area (Å²) in [5.41, 5.74) is 0.154. The molecule has 4 rings (SSSR count). The summed E-state index contributed by atoms with van der Waals surface area (Å²) >= 11 is 0. The predicted octanol–water partition coefficient (Wildman–Crippen LogP) is 4.48. The number of likely N-dealkylation sites (tertiary alicyclic amines) is 1. The molecule has 29 heavy (non-hydrogen) atoms. The molecule has 3 aromatic rings. The Morgan fingerprint density at radius 2 is 1.93 bits per heavy atom. The molecule has 1 atom stereocenters. The molecule has 4 nitrogen and oxygen atoms in total. The Hall–Kier alpha value is -3.09. The molecular formula is C22H19F3N2O2. The van der Waals surface area contributed by atoms with E-state index in [9.17, 15) is 18.0 Å². The number of nitrogens with zero attached hydrogens (tertiary/aromatic N) is 2. The zero-order valence-electron chi connectivity index (χ0n) is 15.5. The van der Waals surface area contributed by atoms with E-state index in [0.717, 1.165) is 34.7 Å². The number of benzene rings is 2. The summed E-state index contributed by atoms with van der Waals surface area (Å²) in [4.78, 5) is 18.3. The Kier molecular flexibility index (Phi) is 5.13. The van der Waals surface area contributed by atoms with E-state index < -0.39 is 11.7 Å². The molecule has 0 saturated carbocycles. The molecule has 1 saturated heterocycles. The first-order chi connectivity index (χ1) is 13.9. The van der Waals surface area contributed by atoms with Gasteiger partial charge >= 0.3 is 6.18 Å². The van der Waals surface area contributed by atoms with Crippen molar-refractivity contribution in [2.45, 2.75) is 25.1 Å². The molecule has 2 aromatic carbocycles. The van der Waals surface area contributed by atoms with Crippen LogP contribution in [-0.2, 0) is 17.4 Å². The topological polar surface area (TPSA) is 42.4 Å². The van der Waals surface area contributed by atoms with Crippen LogP contribution < -0.4 is 4.74 Å². The van der Waals surface area contributed by atoms with Crippen LogP contribution in [0.1, 0.15) is 17.5 Å². The van der Waals surface area contributed by atoms with Crippen molar-refractivity contribution in [1.82, 2.24) is 9.88 Å². The summed E-state index contributed by atoms with van der Waals surface area (Å²) in [5.74, 6) is -0.0994. The highest BCUT2D eigenvalue weighted by molar-refractivity contribution is 5.90. The maximum Gasteiger partial charge on any atom is 0.416 e. The first-order valence-corrected chi connectivity index (χ1v) is 9.34. The van der Waals surface area contributed by atoms with Crippen molar-refractivity contribution in [3.63, 3.8) is 0 Å². The molecule has 1 fully saturated rings. The molecule has 0 aliphatic carbocycles. The summed E-state index contributed by atoms with van der Waals surface area (Å²) in [7, 11) is 0. The van der Waals surface area contributed by atoms with Gasteiger partial charge in [0, 0.05) is 25.2 Å². The molecule has 1 aromatic heterocycles. The minimum absolute atomic E-state index is 0.0237. The highest BCUT2D eigenvalue weighted by atomic mass is 19.4. The Morgan fingerprint density at radius 3 is 2.76 bits per heavy atom. The lowest BCUT2D eigenvalue weighted by atomic mass is 10.0. The van der Waals surface area contributed by atoms with Crippen molar-refractivity contribution >= 4 is 16.7 Å². The van der Waals surface area contributed by atoms with Crippen LogP contribution >= 0.6 is 0 Å². The summed E-state index contributed by atoms with van der Waals surface area (Å²) in [5, 5.41) is 2.12. The molecule has 1 amide bonds. The number of amides is 1. The van der Waals surface area contributed by atoms with Crippen LogP contribution in [0.15, 0.2) is 60.8 Å². The van der Waals surface area contributed by atoms with Gasteiger partial charge < -0.3 is 9.64 Å². The zero-order chi connectivity index (χ0) is 20.4. The molecule has 2 heterocycles. The first kappa shape index (κ1) is 19.2. The number of hydrogen-bond donors (Lipinski definition) is 0. The summed E-state index contributed by atoms with van der Waals surface area (Å²) in [6.07, 6.45) is -2.91. The largest absolute Gasteiger partial charge is 0.472 e. The summed E-state index contributed by atoms with van der Waals surface area (Å²) in [6.45, 7) is 0.842. The van der Waals surface area contributed by atoms with Gasteiger partial charge in [-0.25, -0.2) is 4.98 Å². The minimum atomic E-state index is -4.45. The molecule has 1 aliphatic rings. The highest BCUT2D eigenvalue weighted by Gasteiger charge is 2.32. The normalized spacial score (nSPS) is 16.9. The number of ether oxygens (including phenoxy) is 1. The van der Waals surface area contributed by atoms with Crippen LogP contribution in [0.25, 0.3) is 10.8 Å². The number of carbonyl (C=O) groups is 1. The molecule has 150 valence electrons. The van der Waals surface area contributed by atoms with Crippen LogP contribution in [0, 0.1) is 0 Å². The molecular weight excluding hydrogens is 381 g/mol. The van der Waals surface area contributed by atoms with Crippen LogP contribution in [-0.4, -0.2) is 35.0 Å². The number of halogens is 3. The number of carbonyl (C=O) groups excluding carboxylic acids is 1. The van der Waals surface area contributed by atoms with Crippen molar-refractivity contribution in [3.05, 3.63) is 71.9 Å². The molecule has 7 heteroatoms. The number of alkyl halides is 3. The summed E-state index contributed by atoms with van der Waals surface area (Å²) < 4.78 is 44.1. The SMILES string of the molecule is O=C(Cc1cccc2ccccc12)N1CC[C@@H](Oc2cc(C(F)(F)F)ccn2)C1. The average molecular weight is 400 g/mol. The van der Waals surface area contributed by atoms with Crippen LogP contribution in [0.4, 0.5) is 13.2 Å². The lowest BCUT2D eigenvalue weighted by Gasteiger charge is -2.18. The number of fused-ring (bicyclic) bond motifs is 1. The van der Waals surface area contributed by atoms with E-state index in [-0.39, 0.29) is 24.3 Å². The third kappa shape index (κ3) is 4.34. The fourth-order valence-electron chi connectivity index (χ4n) is 3.59. The van der Waals surface area contributed by atoms with Crippen molar-refractivity contribution in [2.75, 3.05) is 13.1 Å². The van der Waals surface area contributed by atoms with Gasteiger partial charge in [-0.2, -0.15) is 13.2 Å². The van der Waals surface area contributed by atoms with E-state index >= 15 is 0 Å². The Balaban J connectivity index is 1.40. The van der Waals surface area contributed by atoms with Gasteiger partial charge in [-0.1, -0.05) is 42.5 Å². The monoisotopic (exact) mass is 400 g/mol. The first-order valence-electron chi connectivity index (χ1n) is 9.34. The number of aromatic nitrogens is 1. The van der Waals surface area contributed by atoms with Crippen molar-refractivity contribution in [2.24, 2.45) is 0 Å². The van der Waals surface area contributed by atoms with Gasteiger partial charge in [-0.05, 0) is 22.4 Å². The van der Waals surface area contributed by atoms with Crippen molar-refractivity contribution in [3.8, 4) is 5.88 Å². The minimum Gasteiger partial charge on any atom is -0.472 e. The molecule has 0 spiro atoms. The van der Waals surface area contributed by atoms with E-state index in [2.05, 4.69) is 4.98 Å². The lowest BCUT2D eigenvalue weighted by Crippen LogP contribution is -2.32. The predicted molar refractivity (Wildman–Crippen MR) is 103 cm³/mol. The van der Waals surface area contributed by atoms with Gasteiger partial charge in [0.05, 0.1) is 18.5 Å². The number of rotatable bonds is 4. The Bertz CT molecular complexity index is 1030. The standard InChI is InChI=1S/C22H19F3N2O2/c23-22(24,25)17-8-10-26-20(13-17)29-18-9-11-27(14-18)21(28)12-16-6-3-5-15-4-1-2-7-19(15)16/h1-8,10,13,18H,9,11-12,14H2/t18-/m1/s1. The molecule has 0 radical (unpaired) electrons. The number of hydrogen-bond acceptors (Lipinski definition) is 3. The van der Waals surface area contributed by atoms with Gasteiger partial charge in [0.2, 0.25) is 11.8 Å². The zero-order valence-corrected chi connectivity index (χ0v) is 15.5. The highest BCUT2D eigenvalue weighted by Crippen LogP contribution is 2.31. The second-order valence-corrected chi connectivity index (χ2v) is 7.06. The third-order valence-corrected chi connectivity index (χ3v) is 5.07. The van der Waals surface area contributed by atoms with Gasteiger partial charge in [-0.15, -0.1) is 0 Å². The average Bonchev–Trinajstić information content (AvgIpc) is 3.16. The van der Waals surface area contributed by atoms with E-state index in [1.54, 1.807) is 4.90 Å². The maximum atomic E-state index is 12.8. The summed E-state index contributed by atoms with van der Waals surface area (Å²) in [6, 6.07) is 15.6. The second kappa shape index (κ2) is 7.73. The Morgan fingerprint density at radius 1 is 1.14 bits per heavy atom. The van der Waals surface area contributed by atoms with Crippen LogP contribution in [0.3, 0.4) is 0 Å². The van der Waals surface area contributed by atoms with E-state index in [1.165, 1.54) is 0 Å². The van der Waals surface area contributed by atoms with Crippen LogP contribution in [0.5, 0.6) is 5.88 Å². The Labute approximate surface area is 165 Å². The smallest absolute Gasteiger partial charge is 0.416 e. The van der Waals surface area contributed by atoms with E-state index in [4.69, 9.17) is 4.74 Å². The third-order valence-electron chi connectivity index (χ3n) is 5.07. The fourth-order valence-corrected chi connectivity index (χ4v) is 3.59. The van der Waals surface area contributed by atoms with Crippen molar-refractivity contribution < 1.29 is 22.7 Å². The van der Waals surface area contributed by atoms with Gasteiger partial charge in [0.25, 0.3) is 0 Å². The molecule has 1 aliphatic heterocycles. The molecule has 0 N–H and O–H groups in total. The van der Waals surface area contributed by atoms with Crippen LogP contribution in [0.2, 0.25) is 0 Å².